The van der Waals surface area contributed by atoms with Gasteiger partial charge in [-0.25, -0.2) is 4.39 Å². The van der Waals surface area contributed by atoms with Gasteiger partial charge in [0.05, 0.1) is 5.69 Å². The summed E-state index contributed by atoms with van der Waals surface area (Å²) < 4.78 is 43.4. The van der Waals surface area contributed by atoms with E-state index in [2.05, 4.69) is 13.7 Å². The van der Waals surface area contributed by atoms with Gasteiger partial charge in [0, 0.05) is 0 Å². The topological polar surface area (TPSA) is 111 Å². The molecule has 0 amide bonds. The van der Waals surface area contributed by atoms with Gasteiger partial charge in [-0.3, -0.25) is 5.73 Å². The molecule has 1 atom stereocenters. The maximum atomic E-state index is 12.3. The average molecular weight is 264 g/mol. The number of hydrogen-bond donors (Lipinski definition) is 3. The lowest BCUT2D eigenvalue weighted by molar-refractivity contribution is 0.0490. The van der Waals surface area contributed by atoms with E-state index >= 15 is 0 Å². The second-order valence-corrected chi connectivity index (χ2v) is 4.54. The lowest BCUT2D eigenvalue weighted by Crippen LogP contribution is -2.49. The molecule has 1 heterocycles. The predicted octanol–water partition coefficient (Wildman–Crippen LogP) is -0.311. The zero-order valence-electron chi connectivity index (χ0n) is 8.38. The van der Waals surface area contributed by atoms with Crippen LogP contribution in [-0.4, -0.2) is 26.0 Å². The van der Waals surface area contributed by atoms with Gasteiger partial charge in [-0.05, 0) is 12.1 Å². The van der Waals surface area contributed by atoms with Crippen molar-refractivity contribution < 1.29 is 26.3 Å². The van der Waals surface area contributed by atoms with Crippen LogP contribution in [0.2, 0.25) is 0 Å². The van der Waals surface area contributed by atoms with E-state index in [-0.39, 0.29) is 17.2 Å². The largest absolute Gasteiger partial charge is 0.501 e. The van der Waals surface area contributed by atoms with Gasteiger partial charge in [-0.1, -0.05) is 6.07 Å². The fourth-order valence-corrected chi connectivity index (χ4v) is 2.02. The van der Waals surface area contributed by atoms with Gasteiger partial charge in [0.2, 0.25) is 11.6 Å². The number of aliphatic hydroxyl groups is 1. The molecule has 0 radical (unpaired) electrons. The van der Waals surface area contributed by atoms with Crippen LogP contribution in [0.5, 0.6) is 11.5 Å². The third-order valence-electron chi connectivity index (χ3n) is 1.91. The molecule has 0 saturated carbocycles. The number of halogens is 1. The second kappa shape index (κ2) is 3.72. The third kappa shape index (κ3) is 2.40. The first-order valence-corrected chi connectivity index (χ1v) is 5.79. The molecular weight excluding hydrogens is 255 g/mol. The molecule has 1 unspecified atom stereocenters. The summed E-state index contributed by atoms with van der Waals surface area (Å²) in [6, 6.07) is 4.13. The Morgan fingerprint density at radius 3 is 2.82 bits per heavy atom. The normalized spacial score (nSPS) is 19.7. The van der Waals surface area contributed by atoms with Crippen LogP contribution in [0.4, 0.5) is 10.1 Å². The molecule has 1 aliphatic heterocycles. The Labute approximate surface area is 96.3 Å². The summed E-state index contributed by atoms with van der Waals surface area (Å²) in [5.74, 6) is -2.56. The molecule has 7 nitrogen and oxygen atoms in total. The molecule has 1 aromatic rings. The second-order valence-electron chi connectivity index (χ2n) is 3.39. The van der Waals surface area contributed by atoms with Gasteiger partial charge >= 0.3 is 10.4 Å². The van der Waals surface area contributed by atoms with Crippen LogP contribution in [0, 0.1) is 0 Å². The van der Waals surface area contributed by atoms with Crippen LogP contribution in [-0.2, 0) is 10.4 Å². The third-order valence-corrected chi connectivity index (χ3v) is 2.67. The molecule has 0 saturated heterocycles. The van der Waals surface area contributed by atoms with Crippen LogP contribution in [0.15, 0.2) is 18.2 Å². The lowest BCUT2D eigenvalue weighted by atomic mass is 10.2. The van der Waals surface area contributed by atoms with Crippen LogP contribution in [0.1, 0.15) is 0 Å². The Morgan fingerprint density at radius 2 is 2.18 bits per heavy atom. The zero-order chi connectivity index (χ0) is 12.7. The van der Waals surface area contributed by atoms with Crippen molar-refractivity contribution in [3.05, 3.63) is 18.2 Å². The molecule has 0 fully saturated rings. The Kier molecular flexibility index (Phi) is 2.60. The number of para-hydroxylation sites is 1. The first kappa shape index (κ1) is 11.9. The summed E-state index contributed by atoms with van der Waals surface area (Å²) in [6.07, 6.45) is 0. The smallest absolute Gasteiger partial charge is 0.357 e. The van der Waals surface area contributed by atoms with E-state index < -0.39 is 22.9 Å². The van der Waals surface area contributed by atoms with Gasteiger partial charge in [-0.15, -0.1) is 8.42 Å². The van der Waals surface area contributed by atoms with E-state index in [0.717, 1.165) is 0 Å². The summed E-state index contributed by atoms with van der Waals surface area (Å²) in [6.45, 7) is -1.27. The summed E-state index contributed by atoms with van der Waals surface area (Å²) in [7, 11) is -4.15. The van der Waals surface area contributed by atoms with Gasteiger partial charge in [0.15, 0.2) is 12.4 Å². The lowest BCUT2D eigenvalue weighted by Gasteiger charge is -2.22. The van der Waals surface area contributed by atoms with E-state index in [0.29, 0.717) is 0 Å². The van der Waals surface area contributed by atoms with Crippen LogP contribution >= 0.6 is 0 Å². The highest BCUT2D eigenvalue weighted by Crippen LogP contribution is 2.42. The highest BCUT2D eigenvalue weighted by molar-refractivity contribution is 7.82. The van der Waals surface area contributed by atoms with E-state index in [9.17, 15) is 17.9 Å². The molecule has 2 rings (SSSR count). The van der Waals surface area contributed by atoms with E-state index in [1.54, 1.807) is 0 Å². The number of benzene rings is 1. The van der Waals surface area contributed by atoms with Gasteiger partial charge in [0.25, 0.3) is 0 Å². The number of rotatable bonds is 3. The Bertz CT molecular complexity index is 545. The molecule has 0 spiro atoms. The van der Waals surface area contributed by atoms with Crippen molar-refractivity contribution in [3.63, 3.8) is 0 Å². The fourth-order valence-electron chi connectivity index (χ4n) is 1.26. The first-order valence-electron chi connectivity index (χ1n) is 4.45. The monoisotopic (exact) mass is 264 g/mol. The fraction of sp³-hybridized carbons (Fsp3) is 0.250. The highest BCUT2D eigenvalue weighted by Gasteiger charge is 2.33. The van der Waals surface area contributed by atoms with Crippen molar-refractivity contribution in [3.8, 4) is 11.5 Å². The zero-order valence-corrected chi connectivity index (χ0v) is 9.20. The van der Waals surface area contributed by atoms with E-state index in [1.807, 2.05) is 0 Å². The van der Waals surface area contributed by atoms with Crippen molar-refractivity contribution in [2.75, 3.05) is 12.0 Å². The number of hydrogen-bond acceptors (Lipinski definition) is 7. The molecule has 94 valence electrons. The maximum Gasteiger partial charge on any atom is 0.501 e. The Hall–Kier alpha value is -1.58. The quantitative estimate of drug-likeness (QED) is 0.642. The van der Waals surface area contributed by atoms with Crippen molar-refractivity contribution in [1.29, 1.82) is 0 Å². The number of nitrogens with two attached hydrogens (primary N) is 1. The van der Waals surface area contributed by atoms with E-state index in [1.165, 1.54) is 18.2 Å². The van der Waals surface area contributed by atoms with Crippen LogP contribution in [0.25, 0.3) is 0 Å². The first-order chi connectivity index (χ1) is 7.83. The number of fused-ring (bicyclic) bond motifs is 1. The summed E-state index contributed by atoms with van der Waals surface area (Å²) >= 11 is 0. The van der Waals surface area contributed by atoms with Crippen LogP contribution in [0.3, 0.4) is 0 Å². The minimum absolute atomic E-state index is 0.00576. The minimum atomic E-state index is -4.15. The standard InChI is InChI=1S/C8H9FN2O5S/c9-4-8(10,12)11-5-2-1-3-6-7(5)16-17(13,14)15-6/h1-3,11-12H,4,10H2. The van der Waals surface area contributed by atoms with Crippen molar-refractivity contribution in [1.82, 2.24) is 0 Å². The number of nitrogens with one attached hydrogen (secondary N) is 1. The average Bonchev–Trinajstić information content (AvgIpc) is 2.53. The number of anilines is 1. The molecule has 1 aromatic carbocycles. The van der Waals surface area contributed by atoms with Crippen LogP contribution < -0.4 is 19.4 Å². The molecule has 9 heteroatoms. The van der Waals surface area contributed by atoms with Gasteiger partial charge < -0.3 is 18.8 Å². The Balaban J connectivity index is 2.37. The molecule has 0 bridgehead atoms. The van der Waals surface area contributed by atoms with E-state index in [4.69, 9.17) is 5.73 Å². The molecule has 4 N–H and O–H groups in total. The molecule has 1 aliphatic rings. The summed E-state index contributed by atoms with van der Waals surface area (Å²) in [5.41, 5.74) is 5.14. The van der Waals surface area contributed by atoms with Crippen molar-refractivity contribution in [2.45, 2.75) is 5.85 Å². The maximum absolute atomic E-state index is 12.3. The predicted molar refractivity (Wildman–Crippen MR) is 55.4 cm³/mol. The van der Waals surface area contributed by atoms with Gasteiger partial charge in [-0.2, -0.15) is 0 Å². The van der Waals surface area contributed by atoms with Crippen molar-refractivity contribution >= 4 is 16.1 Å². The summed E-state index contributed by atoms with van der Waals surface area (Å²) in [5, 5.41) is 11.5. The van der Waals surface area contributed by atoms with Gasteiger partial charge in [0.1, 0.15) is 0 Å². The van der Waals surface area contributed by atoms with Crippen molar-refractivity contribution in [2.24, 2.45) is 5.73 Å². The molecule has 0 aromatic heterocycles. The SMILES string of the molecule is NC(O)(CF)Nc1cccc2c1OS(=O)(=O)O2. The molecule has 17 heavy (non-hydrogen) atoms. The Morgan fingerprint density at radius 1 is 1.47 bits per heavy atom. The summed E-state index contributed by atoms with van der Waals surface area (Å²) in [4.78, 5) is 0. The molecular formula is C8H9FN2O5S. The molecule has 0 aliphatic carbocycles. The highest BCUT2D eigenvalue weighted by atomic mass is 32.3. The number of alkyl halides is 1. The minimum Gasteiger partial charge on any atom is -0.357 e.